The summed E-state index contributed by atoms with van der Waals surface area (Å²) in [7, 11) is 0. The van der Waals surface area contributed by atoms with Gasteiger partial charge in [-0.2, -0.15) is 0 Å². The van der Waals surface area contributed by atoms with Crippen molar-refractivity contribution in [3.8, 4) is 0 Å². The van der Waals surface area contributed by atoms with Gasteiger partial charge in [0.2, 0.25) is 0 Å². The number of halogens is 2. The zero-order chi connectivity index (χ0) is 13.2. The molecule has 0 saturated heterocycles. The molecule has 1 heterocycles. The average Bonchev–Trinajstić information content (AvgIpc) is 2.88. The van der Waals surface area contributed by atoms with Crippen LogP contribution in [0.5, 0.6) is 0 Å². The van der Waals surface area contributed by atoms with Crippen LogP contribution in [0.1, 0.15) is 5.56 Å². The number of hydrogen-bond donors (Lipinski definition) is 2. The quantitative estimate of drug-likeness (QED) is 0.719. The number of para-hydroxylation sites is 1. The third-order valence-corrected chi connectivity index (χ3v) is 3.40. The second-order valence-electron chi connectivity index (χ2n) is 4.34. The third kappa shape index (κ3) is 2.42. The molecular weight excluding hydrogens is 263 g/mol. The van der Waals surface area contributed by atoms with Crippen molar-refractivity contribution >= 4 is 28.2 Å². The smallest absolute Gasteiger partial charge is 0.125 e. The molecule has 2 N–H and O–H groups in total. The predicted octanol–water partition coefficient (Wildman–Crippen LogP) is 4.57. The van der Waals surface area contributed by atoms with Crippen molar-refractivity contribution in [3.05, 3.63) is 65.1 Å². The summed E-state index contributed by atoms with van der Waals surface area (Å²) in [4.78, 5) is 3.20. The predicted molar refractivity (Wildman–Crippen MR) is 77.0 cm³/mol. The summed E-state index contributed by atoms with van der Waals surface area (Å²) in [5.41, 5.74) is 2.80. The van der Waals surface area contributed by atoms with Crippen LogP contribution in [-0.2, 0) is 6.54 Å². The molecule has 0 aliphatic carbocycles. The Labute approximate surface area is 115 Å². The molecule has 1 aromatic heterocycles. The highest BCUT2D eigenvalue weighted by atomic mass is 35.5. The first kappa shape index (κ1) is 12.1. The van der Waals surface area contributed by atoms with E-state index in [0.29, 0.717) is 17.3 Å². The maximum absolute atomic E-state index is 13.2. The van der Waals surface area contributed by atoms with Crippen molar-refractivity contribution in [1.82, 2.24) is 4.98 Å². The molecule has 0 saturated carbocycles. The lowest BCUT2D eigenvalue weighted by Gasteiger charge is -2.09. The van der Waals surface area contributed by atoms with E-state index < -0.39 is 0 Å². The summed E-state index contributed by atoms with van der Waals surface area (Å²) < 4.78 is 13.2. The Morgan fingerprint density at radius 2 is 2.05 bits per heavy atom. The lowest BCUT2D eigenvalue weighted by Crippen LogP contribution is -2.01. The van der Waals surface area contributed by atoms with Crippen molar-refractivity contribution in [1.29, 1.82) is 0 Å². The monoisotopic (exact) mass is 274 g/mol. The molecule has 0 amide bonds. The zero-order valence-electron chi connectivity index (χ0n) is 10.1. The molecule has 0 unspecified atom stereocenters. The number of rotatable bonds is 3. The minimum Gasteiger partial charge on any atom is -0.380 e. The van der Waals surface area contributed by atoms with Crippen LogP contribution in [-0.4, -0.2) is 4.98 Å². The second-order valence-corrected chi connectivity index (χ2v) is 4.74. The Bertz CT molecular complexity index is 721. The topological polar surface area (TPSA) is 27.8 Å². The Kier molecular flexibility index (Phi) is 3.13. The summed E-state index contributed by atoms with van der Waals surface area (Å²) in [6.45, 7) is 0.584. The molecule has 0 spiro atoms. The van der Waals surface area contributed by atoms with Gasteiger partial charge < -0.3 is 10.3 Å². The summed E-state index contributed by atoms with van der Waals surface area (Å²) >= 11 is 6.02. The Hall–Kier alpha value is -2.00. The number of aromatic nitrogens is 1. The van der Waals surface area contributed by atoms with Crippen molar-refractivity contribution in [2.24, 2.45) is 0 Å². The number of fused-ring (bicyclic) bond motifs is 1. The van der Waals surface area contributed by atoms with Gasteiger partial charge in [-0.05, 0) is 35.2 Å². The largest absolute Gasteiger partial charge is 0.380 e. The van der Waals surface area contributed by atoms with E-state index in [1.165, 1.54) is 12.1 Å². The van der Waals surface area contributed by atoms with Gasteiger partial charge in [0, 0.05) is 12.7 Å². The normalized spacial score (nSPS) is 10.8. The van der Waals surface area contributed by atoms with Gasteiger partial charge in [0.1, 0.15) is 5.82 Å². The van der Waals surface area contributed by atoms with Crippen molar-refractivity contribution < 1.29 is 4.39 Å². The van der Waals surface area contributed by atoms with Crippen LogP contribution in [0.3, 0.4) is 0 Å². The highest BCUT2D eigenvalue weighted by Crippen LogP contribution is 2.24. The van der Waals surface area contributed by atoms with E-state index in [9.17, 15) is 4.39 Å². The number of aromatic amines is 1. The van der Waals surface area contributed by atoms with Crippen LogP contribution >= 0.6 is 11.6 Å². The van der Waals surface area contributed by atoms with Gasteiger partial charge >= 0.3 is 0 Å². The summed E-state index contributed by atoms with van der Waals surface area (Å²) in [5.74, 6) is -0.301. The van der Waals surface area contributed by atoms with Crippen LogP contribution in [0.25, 0.3) is 10.9 Å². The van der Waals surface area contributed by atoms with Crippen LogP contribution in [0.15, 0.2) is 48.7 Å². The number of nitrogens with one attached hydrogen (secondary N) is 2. The standard InChI is InChI=1S/C15H12ClFN2/c16-13-5-4-12(17)8-14(13)19-9-11-3-1-2-10-6-7-18-15(10)11/h1-8,18-19H,9H2. The Balaban J connectivity index is 1.86. The number of hydrogen-bond acceptors (Lipinski definition) is 1. The molecule has 2 nitrogen and oxygen atoms in total. The highest BCUT2D eigenvalue weighted by molar-refractivity contribution is 6.33. The van der Waals surface area contributed by atoms with E-state index in [1.54, 1.807) is 6.07 Å². The van der Waals surface area contributed by atoms with Crippen molar-refractivity contribution in [3.63, 3.8) is 0 Å². The molecule has 2 aromatic carbocycles. The Morgan fingerprint density at radius 3 is 2.95 bits per heavy atom. The molecule has 4 heteroatoms. The summed E-state index contributed by atoms with van der Waals surface area (Å²) in [6, 6.07) is 12.4. The van der Waals surface area contributed by atoms with E-state index in [2.05, 4.69) is 10.3 Å². The van der Waals surface area contributed by atoms with E-state index in [-0.39, 0.29) is 5.82 Å². The van der Waals surface area contributed by atoms with Gasteiger partial charge in [-0.15, -0.1) is 0 Å². The fourth-order valence-corrected chi connectivity index (χ4v) is 2.30. The number of benzene rings is 2. The third-order valence-electron chi connectivity index (χ3n) is 3.07. The molecule has 0 atom stereocenters. The SMILES string of the molecule is Fc1ccc(Cl)c(NCc2cccc3cc[nH]c23)c1. The van der Waals surface area contributed by atoms with Crippen LogP contribution in [0.4, 0.5) is 10.1 Å². The minimum absolute atomic E-state index is 0.301. The zero-order valence-corrected chi connectivity index (χ0v) is 10.8. The molecule has 96 valence electrons. The number of H-pyrrole nitrogens is 1. The molecule has 0 radical (unpaired) electrons. The second kappa shape index (κ2) is 4.94. The van der Waals surface area contributed by atoms with Crippen LogP contribution < -0.4 is 5.32 Å². The first-order valence-corrected chi connectivity index (χ1v) is 6.36. The maximum atomic E-state index is 13.2. The first-order valence-electron chi connectivity index (χ1n) is 5.98. The maximum Gasteiger partial charge on any atom is 0.125 e. The van der Waals surface area contributed by atoms with Crippen molar-refractivity contribution in [2.75, 3.05) is 5.32 Å². The average molecular weight is 275 g/mol. The van der Waals surface area contributed by atoms with Crippen LogP contribution in [0.2, 0.25) is 5.02 Å². The van der Waals surface area contributed by atoms with Gasteiger partial charge in [-0.3, -0.25) is 0 Å². The van der Waals surface area contributed by atoms with Gasteiger partial charge in [-0.1, -0.05) is 29.8 Å². The lowest BCUT2D eigenvalue weighted by molar-refractivity contribution is 0.628. The first-order chi connectivity index (χ1) is 9.24. The fourth-order valence-electron chi connectivity index (χ4n) is 2.12. The molecule has 0 bridgehead atoms. The summed E-state index contributed by atoms with van der Waals surface area (Å²) in [5, 5.41) is 4.83. The van der Waals surface area contributed by atoms with E-state index in [0.717, 1.165) is 16.5 Å². The Morgan fingerprint density at radius 1 is 1.16 bits per heavy atom. The molecule has 0 aliphatic heterocycles. The van der Waals surface area contributed by atoms with E-state index in [4.69, 9.17) is 11.6 Å². The van der Waals surface area contributed by atoms with Gasteiger partial charge in [-0.25, -0.2) is 4.39 Å². The highest BCUT2D eigenvalue weighted by Gasteiger charge is 2.04. The fraction of sp³-hybridized carbons (Fsp3) is 0.0667. The molecule has 0 fully saturated rings. The van der Waals surface area contributed by atoms with E-state index in [1.807, 2.05) is 30.5 Å². The number of anilines is 1. The minimum atomic E-state index is -0.301. The van der Waals surface area contributed by atoms with E-state index >= 15 is 0 Å². The molecule has 19 heavy (non-hydrogen) atoms. The molecule has 3 rings (SSSR count). The summed E-state index contributed by atoms with van der Waals surface area (Å²) in [6.07, 6.45) is 1.91. The molecule has 3 aromatic rings. The lowest BCUT2D eigenvalue weighted by atomic mass is 10.1. The van der Waals surface area contributed by atoms with Gasteiger partial charge in [0.15, 0.2) is 0 Å². The molecule has 0 aliphatic rings. The molecular formula is C15H12ClFN2. The van der Waals surface area contributed by atoms with Gasteiger partial charge in [0.05, 0.1) is 16.2 Å². The van der Waals surface area contributed by atoms with Gasteiger partial charge in [0.25, 0.3) is 0 Å². The van der Waals surface area contributed by atoms with Crippen LogP contribution in [0, 0.1) is 5.82 Å². The van der Waals surface area contributed by atoms with Crippen molar-refractivity contribution in [2.45, 2.75) is 6.54 Å².